The zero-order chi connectivity index (χ0) is 27.9. The summed E-state index contributed by atoms with van der Waals surface area (Å²) >= 11 is 6.54. The smallest absolute Gasteiger partial charge is 0.270 e. The number of aliphatic hydroxyl groups excluding tert-OH is 1. The number of ether oxygens (including phenoxy) is 1. The Labute approximate surface area is 237 Å². The van der Waals surface area contributed by atoms with Gasteiger partial charge in [-0.15, -0.1) is 0 Å². The Balaban J connectivity index is 1.71. The van der Waals surface area contributed by atoms with Crippen molar-refractivity contribution in [3.05, 3.63) is 70.9 Å². The average molecular weight is 550 g/mol. The van der Waals surface area contributed by atoms with Crippen LogP contribution in [0, 0.1) is 5.92 Å². The van der Waals surface area contributed by atoms with E-state index in [1.165, 1.54) is 5.56 Å². The van der Waals surface area contributed by atoms with E-state index in [0.29, 0.717) is 41.1 Å². The van der Waals surface area contributed by atoms with Crippen molar-refractivity contribution in [2.75, 3.05) is 27.2 Å². The summed E-state index contributed by atoms with van der Waals surface area (Å²) in [5.41, 5.74) is 5.12. The highest BCUT2D eigenvalue weighted by atomic mass is 35.5. The standard InChI is InChI=1S/C32H40ClN3O3/c1-5-22-9-6-7-12-26(22)27-14-16-29(32(38)34-24-10-8-11-25(37)18-24)35-31(27)23-13-15-28(33)30(17-23)39-20-21(2)19-36(3)4/h6-7,9,12-17,21,24-25,37H,5,8,10-11,18-20H2,1-4H3,(H,34,38). The lowest BCUT2D eigenvalue weighted by atomic mass is 9.92. The van der Waals surface area contributed by atoms with Gasteiger partial charge in [0.05, 0.1) is 23.4 Å². The molecule has 208 valence electrons. The summed E-state index contributed by atoms with van der Waals surface area (Å²) in [6.45, 7) is 5.73. The fourth-order valence-electron chi connectivity index (χ4n) is 5.34. The van der Waals surface area contributed by atoms with Crippen molar-refractivity contribution in [2.45, 2.75) is 58.1 Å². The quantitative estimate of drug-likeness (QED) is 0.313. The lowest BCUT2D eigenvalue weighted by Crippen LogP contribution is -2.40. The maximum atomic E-state index is 13.3. The number of halogens is 1. The van der Waals surface area contributed by atoms with Crippen LogP contribution in [0.4, 0.5) is 0 Å². The Hall–Kier alpha value is -2.93. The van der Waals surface area contributed by atoms with Crippen molar-refractivity contribution in [1.29, 1.82) is 0 Å². The lowest BCUT2D eigenvalue weighted by Gasteiger charge is -2.26. The van der Waals surface area contributed by atoms with Crippen LogP contribution in [0.5, 0.6) is 5.75 Å². The van der Waals surface area contributed by atoms with Gasteiger partial charge < -0.3 is 20.1 Å². The Morgan fingerprint density at radius 3 is 2.69 bits per heavy atom. The second-order valence-corrected chi connectivity index (χ2v) is 11.3. The van der Waals surface area contributed by atoms with Crippen LogP contribution >= 0.6 is 11.6 Å². The first-order valence-corrected chi connectivity index (χ1v) is 14.3. The molecule has 2 N–H and O–H groups in total. The molecule has 1 saturated carbocycles. The van der Waals surface area contributed by atoms with E-state index < -0.39 is 0 Å². The highest BCUT2D eigenvalue weighted by Crippen LogP contribution is 2.37. The van der Waals surface area contributed by atoms with E-state index in [0.717, 1.165) is 48.9 Å². The van der Waals surface area contributed by atoms with Gasteiger partial charge in [0, 0.05) is 29.6 Å². The summed E-state index contributed by atoms with van der Waals surface area (Å²) in [6, 6.07) is 17.7. The molecule has 6 nitrogen and oxygen atoms in total. The van der Waals surface area contributed by atoms with E-state index in [1.54, 1.807) is 6.07 Å². The van der Waals surface area contributed by atoms with E-state index in [-0.39, 0.29) is 18.1 Å². The van der Waals surface area contributed by atoms with Crippen LogP contribution in [0.15, 0.2) is 54.6 Å². The maximum absolute atomic E-state index is 13.3. The monoisotopic (exact) mass is 549 g/mol. The summed E-state index contributed by atoms with van der Waals surface area (Å²) in [4.78, 5) is 20.3. The van der Waals surface area contributed by atoms with Gasteiger partial charge in [-0.05, 0) is 81.6 Å². The highest BCUT2D eigenvalue weighted by molar-refractivity contribution is 6.32. The third kappa shape index (κ3) is 7.59. The fraction of sp³-hybridized carbons (Fsp3) is 0.438. The second-order valence-electron chi connectivity index (χ2n) is 10.9. The van der Waals surface area contributed by atoms with Crippen molar-refractivity contribution >= 4 is 17.5 Å². The number of hydrogen-bond acceptors (Lipinski definition) is 5. The number of carbonyl (C=O) groups excluding carboxylic acids is 1. The normalized spacial score (nSPS) is 18.1. The number of pyridine rings is 1. The molecule has 4 rings (SSSR count). The van der Waals surface area contributed by atoms with Crippen LogP contribution in [-0.2, 0) is 6.42 Å². The third-order valence-electron chi connectivity index (χ3n) is 7.20. The highest BCUT2D eigenvalue weighted by Gasteiger charge is 2.24. The zero-order valence-electron chi connectivity index (χ0n) is 23.4. The molecular weight excluding hydrogens is 510 g/mol. The van der Waals surface area contributed by atoms with Gasteiger partial charge >= 0.3 is 0 Å². The number of benzene rings is 2. The van der Waals surface area contributed by atoms with Crippen LogP contribution in [0.2, 0.25) is 5.02 Å². The molecular formula is C32H40ClN3O3. The minimum absolute atomic E-state index is 0.0494. The largest absolute Gasteiger partial charge is 0.492 e. The Morgan fingerprint density at radius 2 is 1.95 bits per heavy atom. The molecule has 39 heavy (non-hydrogen) atoms. The molecule has 3 aromatic rings. The molecule has 2 aromatic carbocycles. The number of amides is 1. The summed E-state index contributed by atoms with van der Waals surface area (Å²) in [6.07, 6.45) is 3.63. The molecule has 3 atom stereocenters. The second kappa shape index (κ2) is 13.4. The molecule has 1 fully saturated rings. The van der Waals surface area contributed by atoms with Gasteiger partial charge in [0.25, 0.3) is 5.91 Å². The number of aryl methyl sites for hydroxylation is 1. The van der Waals surface area contributed by atoms with Crippen LogP contribution in [0.1, 0.15) is 55.6 Å². The molecule has 1 aromatic heterocycles. The predicted octanol–water partition coefficient (Wildman–Crippen LogP) is 6.24. The average Bonchev–Trinajstić information content (AvgIpc) is 2.92. The first-order chi connectivity index (χ1) is 18.7. The van der Waals surface area contributed by atoms with Crippen LogP contribution in [0.3, 0.4) is 0 Å². The number of aromatic nitrogens is 1. The van der Waals surface area contributed by atoms with Gasteiger partial charge in [0.2, 0.25) is 0 Å². The third-order valence-corrected chi connectivity index (χ3v) is 7.52. The predicted molar refractivity (Wildman–Crippen MR) is 158 cm³/mol. The van der Waals surface area contributed by atoms with Gasteiger partial charge in [0.1, 0.15) is 11.4 Å². The number of nitrogens with one attached hydrogen (secondary N) is 1. The summed E-state index contributed by atoms with van der Waals surface area (Å²) < 4.78 is 6.15. The summed E-state index contributed by atoms with van der Waals surface area (Å²) in [5.74, 6) is 0.700. The molecule has 7 heteroatoms. The van der Waals surface area contributed by atoms with Crippen molar-refractivity contribution in [3.63, 3.8) is 0 Å². The number of nitrogens with zero attached hydrogens (tertiary/aromatic N) is 2. The Morgan fingerprint density at radius 1 is 1.15 bits per heavy atom. The van der Waals surface area contributed by atoms with Gasteiger partial charge in [-0.25, -0.2) is 4.98 Å². The van der Waals surface area contributed by atoms with Crippen molar-refractivity contribution in [1.82, 2.24) is 15.2 Å². The topological polar surface area (TPSA) is 74.7 Å². The Kier molecular flexibility index (Phi) is 10.0. The first-order valence-electron chi connectivity index (χ1n) is 13.9. The molecule has 1 amide bonds. The molecule has 1 aliphatic carbocycles. The molecule has 0 saturated heterocycles. The number of carbonyl (C=O) groups is 1. The SMILES string of the molecule is CCc1ccccc1-c1ccc(C(=O)NC2CCCC(O)C2)nc1-c1ccc(Cl)c(OCC(C)CN(C)C)c1. The number of hydrogen-bond donors (Lipinski definition) is 2. The van der Waals surface area contributed by atoms with Crippen LogP contribution in [0.25, 0.3) is 22.4 Å². The van der Waals surface area contributed by atoms with Crippen molar-refractivity contribution in [2.24, 2.45) is 5.92 Å². The van der Waals surface area contributed by atoms with E-state index in [4.69, 9.17) is 21.3 Å². The molecule has 0 spiro atoms. The van der Waals surface area contributed by atoms with Gasteiger partial charge in [-0.2, -0.15) is 0 Å². The molecule has 1 aliphatic rings. The Bertz CT molecular complexity index is 1280. The number of rotatable bonds is 10. The lowest BCUT2D eigenvalue weighted by molar-refractivity contribution is 0.0845. The molecule has 0 aliphatic heterocycles. The minimum Gasteiger partial charge on any atom is -0.492 e. The fourth-order valence-corrected chi connectivity index (χ4v) is 5.51. The van der Waals surface area contributed by atoms with Crippen molar-refractivity contribution < 1.29 is 14.6 Å². The molecule has 1 heterocycles. The molecule has 3 unspecified atom stereocenters. The first kappa shape index (κ1) is 29.1. The van der Waals surface area contributed by atoms with E-state index in [9.17, 15) is 9.90 Å². The molecule has 0 bridgehead atoms. The zero-order valence-corrected chi connectivity index (χ0v) is 24.2. The molecule has 0 radical (unpaired) electrons. The van der Waals surface area contributed by atoms with E-state index in [2.05, 4.69) is 36.2 Å². The van der Waals surface area contributed by atoms with Crippen molar-refractivity contribution in [3.8, 4) is 28.1 Å². The minimum atomic E-state index is -0.367. The van der Waals surface area contributed by atoms with Gasteiger partial charge in [-0.1, -0.05) is 55.8 Å². The van der Waals surface area contributed by atoms with Crippen LogP contribution in [-0.4, -0.2) is 60.3 Å². The maximum Gasteiger partial charge on any atom is 0.270 e. The van der Waals surface area contributed by atoms with Gasteiger partial charge in [0.15, 0.2) is 0 Å². The van der Waals surface area contributed by atoms with Gasteiger partial charge in [-0.3, -0.25) is 4.79 Å². The van der Waals surface area contributed by atoms with E-state index >= 15 is 0 Å². The van der Waals surface area contributed by atoms with E-state index in [1.807, 2.05) is 50.5 Å². The summed E-state index contributed by atoms with van der Waals surface area (Å²) in [7, 11) is 4.09. The number of aliphatic hydroxyl groups is 1. The summed E-state index contributed by atoms with van der Waals surface area (Å²) in [5, 5.41) is 13.7. The van der Waals surface area contributed by atoms with Crippen LogP contribution < -0.4 is 10.1 Å².